The number of nitrogens with one attached hydrogen (secondary N) is 2. The maximum Gasteiger partial charge on any atom is 0.243 e. The van der Waals surface area contributed by atoms with Crippen molar-refractivity contribution in [3.05, 3.63) is 0 Å². The van der Waals surface area contributed by atoms with Crippen LogP contribution in [-0.2, 0) is 23.9 Å². The Hall–Kier alpha value is -1.51. The van der Waals surface area contributed by atoms with Gasteiger partial charge in [0.2, 0.25) is 17.7 Å². The van der Waals surface area contributed by atoms with E-state index in [-0.39, 0.29) is 35.3 Å². The fourth-order valence-corrected chi connectivity index (χ4v) is 5.29. The molecule has 2 N–H and O–H groups in total. The van der Waals surface area contributed by atoms with Crippen molar-refractivity contribution >= 4 is 17.7 Å². The molecule has 150 valence electrons. The smallest absolute Gasteiger partial charge is 0.243 e. The molecule has 5 unspecified atom stereocenters. The number of amides is 3. The number of imide groups is 1. The molecule has 4 aliphatic heterocycles. The number of carbonyl (C=O) groups is 3. The number of likely N-dealkylation sites (tertiary alicyclic amines) is 1. The molecule has 3 amide bonds. The summed E-state index contributed by atoms with van der Waals surface area (Å²) in [5, 5.41) is 6.30. The van der Waals surface area contributed by atoms with Gasteiger partial charge in [-0.3, -0.25) is 19.3 Å². The molecule has 0 spiro atoms. The summed E-state index contributed by atoms with van der Waals surface area (Å²) in [6.07, 6.45) is 3.18. The summed E-state index contributed by atoms with van der Waals surface area (Å²) in [6, 6.07) is -0.795. The Morgan fingerprint density at radius 1 is 1.26 bits per heavy atom. The van der Waals surface area contributed by atoms with Crippen LogP contribution in [0.3, 0.4) is 0 Å². The summed E-state index contributed by atoms with van der Waals surface area (Å²) in [6.45, 7) is 4.49. The number of rotatable bonds is 6. The number of methoxy groups -OCH3 is 1. The zero-order valence-electron chi connectivity index (χ0n) is 16.0. The van der Waals surface area contributed by atoms with Gasteiger partial charge < -0.3 is 20.1 Å². The highest BCUT2D eigenvalue weighted by Gasteiger charge is 2.63. The zero-order chi connectivity index (χ0) is 19.2. The van der Waals surface area contributed by atoms with Crippen LogP contribution in [0.1, 0.15) is 32.6 Å². The number of fused-ring (bicyclic) bond motifs is 5. The molecular weight excluding hydrogens is 350 g/mol. The highest BCUT2D eigenvalue weighted by atomic mass is 16.5. The van der Waals surface area contributed by atoms with Crippen LogP contribution in [0.2, 0.25) is 0 Å². The lowest BCUT2D eigenvalue weighted by molar-refractivity contribution is -0.149. The van der Waals surface area contributed by atoms with Crippen LogP contribution in [0, 0.1) is 17.3 Å². The molecule has 4 rings (SSSR count). The van der Waals surface area contributed by atoms with E-state index in [1.165, 1.54) is 4.90 Å². The molecule has 0 aromatic rings. The minimum absolute atomic E-state index is 0.0993. The van der Waals surface area contributed by atoms with E-state index < -0.39 is 17.9 Å². The molecule has 4 saturated heterocycles. The summed E-state index contributed by atoms with van der Waals surface area (Å²) in [7, 11) is 1.67. The van der Waals surface area contributed by atoms with Crippen molar-refractivity contribution in [1.82, 2.24) is 15.5 Å². The van der Waals surface area contributed by atoms with Gasteiger partial charge in [0, 0.05) is 19.1 Å². The molecule has 0 aromatic carbocycles. The van der Waals surface area contributed by atoms with Crippen LogP contribution in [-0.4, -0.2) is 74.2 Å². The van der Waals surface area contributed by atoms with Gasteiger partial charge in [0.05, 0.1) is 30.7 Å². The van der Waals surface area contributed by atoms with Crippen molar-refractivity contribution in [3.63, 3.8) is 0 Å². The van der Waals surface area contributed by atoms with E-state index >= 15 is 0 Å². The van der Waals surface area contributed by atoms with E-state index in [4.69, 9.17) is 9.47 Å². The molecular formula is C19H29N3O5. The van der Waals surface area contributed by atoms with E-state index in [1.807, 2.05) is 0 Å². The molecule has 0 saturated carbocycles. The number of nitrogens with zero attached hydrogens (tertiary/aromatic N) is 1. The van der Waals surface area contributed by atoms with Gasteiger partial charge >= 0.3 is 0 Å². The third-order valence-corrected chi connectivity index (χ3v) is 6.84. The standard InChI is InChI=1S/C19H29N3O5/c1-11(16(23)21-9-19(10-26-2)5-7-20-8-6-19)22-17(24)14-12-3-4-13(27-12)15(14)18(22)25/h11-15,20H,3-10H2,1-2H3,(H,21,23). The third-order valence-electron chi connectivity index (χ3n) is 6.84. The Morgan fingerprint density at radius 3 is 2.41 bits per heavy atom. The number of hydrogen-bond donors (Lipinski definition) is 2. The minimum atomic E-state index is -0.795. The lowest BCUT2D eigenvalue weighted by Crippen LogP contribution is -2.53. The average Bonchev–Trinajstić information content (AvgIpc) is 3.34. The van der Waals surface area contributed by atoms with Crippen molar-refractivity contribution in [2.24, 2.45) is 17.3 Å². The van der Waals surface area contributed by atoms with E-state index in [0.29, 0.717) is 13.2 Å². The van der Waals surface area contributed by atoms with Crippen LogP contribution in [0.4, 0.5) is 0 Å². The summed E-state index contributed by atoms with van der Waals surface area (Å²) in [5.41, 5.74) is -0.0993. The lowest BCUT2D eigenvalue weighted by Gasteiger charge is -2.37. The first-order valence-electron chi connectivity index (χ1n) is 9.97. The maximum absolute atomic E-state index is 12.8. The molecule has 4 aliphatic rings. The SMILES string of the molecule is COCC1(CNC(=O)C(C)N2C(=O)C3C4CCC(O4)C3C2=O)CCNCC1. The predicted octanol–water partition coefficient (Wildman–Crippen LogP) is -0.330. The van der Waals surface area contributed by atoms with Gasteiger partial charge in [-0.25, -0.2) is 0 Å². The van der Waals surface area contributed by atoms with Crippen LogP contribution in [0.15, 0.2) is 0 Å². The van der Waals surface area contributed by atoms with Gasteiger partial charge in [0.1, 0.15) is 6.04 Å². The Bertz CT molecular complexity index is 599. The Morgan fingerprint density at radius 2 is 1.85 bits per heavy atom. The fraction of sp³-hybridized carbons (Fsp3) is 0.842. The Kier molecular flexibility index (Phi) is 4.98. The van der Waals surface area contributed by atoms with Crippen LogP contribution in [0.5, 0.6) is 0 Å². The molecule has 5 atom stereocenters. The summed E-state index contributed by atoms with van der Waals surface area (Å²) in [5.74, 6) is -1.55. The Labute approximate surface area is 159 Å². The molecule has 0 aromatic heterocycles. The Balaban J connectivity index is 1.40. The molecule has 0 aliphatic carbocycles. The van der Waals surface area contributed by atoms with E-state index in [1.54, 1.807) is 14.0 Å². The highest BCUT2D eigenvalue weighted by molar-refractivity contribution is 6.09. The van der Waals surface area contributed by atoms with Gasteiger partial charge in [-0.05, 0) is 45.7 Å². The second kappa shape index (κ2) is 7.14. The lowest BCUT2D eigenvalue weighted by atomic mass is 9.79. The zero-order valence-corrected chi connectivity index (χ0v) is 16.0. The van der Waals surface area contributed by atoms with Gasteiger partial charge in [-0.1, -0.05) is 0 Å². The molecule has 8 nitrogen and oxygen atoms in total. The molecule has 4 fully saturated rings. The predicted molar refractivity (Wildman–Crippen MR) is 95.6 cm³/mol. The molecule has 2 bridgehead atoms. The number of ether oxygens (including phenoxy) is 2. The van der Waals surface area contributed by atoms with Crippen molar-refractivity contribution in [2.75, 3.05) is 33.4 Å². The van der Waals surface area contributed by atoms with Gasteiger partial charge in [-0.15, -0.1) is 0 Å². The summed E-state index contributed by atoms with van der Waals surface area (Å²) < 4.78 is 11.1. The molecule has 27 heavy (non-hydrogen) atoms. The summed E-state index contributed by atoms with van der Waals surface area (Å²) >= 11 is 0. The van der Waals surface area contributed by atoms with Crippen molar-refractivity contribution in [1.29, 1.82) is 0 Å². The quantitative estimate of drug-likeness (QED) is 0.614. The topological polar surface area (TPSA) is 97.0 Å². The van der Waals surface area contributed by atoms with Gasteiger partial charge in [0.25, 0.3) is 0 Å². The van der Waals surface area contributed by atoms with Crippen LogP contribution in [0.25, 0.3) is 0 Å². The largest absolute Gasteiger partial charge is 0.384 e. The monoisotopic (exact) mass is 379 g/mol. The van der Waals surface area contributed by atoms with Gasteiger partial charge in [-0.2, -0.15) is 0 Å². The second-order valence-electron chi connectivity index (χ2n) is 8.47. The summed E-state index contributed by atoms with van der Waals surface area (Å²) in [4.78, 5) is 39.6. The first kappa shape index (κ1) is 18.8. The number of hydrogen-bond acceptors (Lipinski definition) is 6. The average molecular weight is 379 g/mol. The van der Waals surface area contributed by atoms with E-state index in [9.17, 15) is 14.4 Å². The molecule has 0 radical (unpaired) electrons. The van der Waals surface area contributed by atoms with Crippen LogP contribution < -0.4 is 10.6 Å². The van der Waals surface area contributed by atoms with Crippen molar-refractivity contribution in [3.8, 4) is 0 Å². The molecule has 8 heteroatoms. The van der Waals surface area contributed by atoms with Crippen LogP contribution >= 0.6 is 0 Å². The fourth-order valence-electron chi connectivity index (χ4n) is 5.29. The van der Waals surface area contributed by atoms with Gasteiger partial charge in [0.15, 0.2) is 0 Å². The van der Waals surface area contributed by atoms with Crippen molar-refractivity contribution in [2.45, 2.75) is 50.9 Å². The molecule has 4 heterocycles. The number of carbonyl (C=O) groups excluding carboxylic acids is 3. The second-order valence-corrected chi connectivity index (χ2v) is 8.47. The van der Waals surface area contributed by atoms with E-state index in [0.717, 1.165) is 38.8 Å². The highest BCUT2D eigenvalue weighted by Crippen LogP contribution is 2.48. The minimum Gasteiger partial charge on any atom is -0.384 e. The third kappa shape index (κ3) is 3.07. The number of piperidine rings is 1. The normalized spacial score (nSPS) is 35.4. The van der Waals surface area contributed by atoms with E-state index in [2.05, 4.69) is 10.6 Å². The maximum atomic E-state index is 12.8. The first-order chi connectivity index (χ1) is 13.0. The first-order valence-corrected chi connectivity index (χ1v) is 9.97. The van der Waals surface area contributed by atoms with Crippen molar-refractivity contribution < 1.29 is 23.9 Å².